The summed E-state index contributed by atoms with van der Waals surface area (Å²) in [7, 11) is 0. The van der Waals surface area contributed by atoms with E-state index in [0.29, 0.717) is 11.5 Å². The SMILES string of the molecule is CC(SC1=NOC(C)(CCl)C1)c1c(Cl)n[nH]c1C(F)(F)F. The number of hydrogen-bond acceptors (Lipinski definition) is 4. The Labute approximate surface area is 133 Å². The Morgan fingerprint density at radius 2 is 2.19 bits per heavy atom. The Bertz CT molecular complexity index is 563. The fourth-order valence-corrected chi connectivity index (χ4v) is 3.59. The van der Waals surface area contributed by atoms with Crippen LogP contribution < -0.4 is 0 Å². The van der Waals surface area contributed by atoms with Crippen LogP contribution in [0.2, 0.25) is 5.15 Å². The minimum atomic E-state index is -4.54. The fraction of sp³-hybridized carbons (Fsp3) is 0.636. The topological polar surface area (TPSA) is 50.3 Å². The average molecular weight is 362 g/mol. The second-order valence-electron chi connectivity index (χ2n) is 4.90. The summed E-state index contributed by atoms with van der Waals surface area (Å²) in [6.07, 6.45) is -4.09. The maximum absolute atomic E-state index is 12.9. The van der Waals surface area contributed by atoms with Crippen LogP contribution >= 0.6 is 35.0 Å². The number of aromatic amines is 1. The molecular formula is C11H12Cl2F3N3OS. The molecule has 0 aromatic carbocycles. The molecule has 0 bridgehead atoms. The molecule has 2 rings (SSSR count). The van der Waals surface area contributed by atoms with Crippen LogP contribution in [0.25, 0.3) is 0 Å². The maximum Gasteiger partial charge on any atom is 0.433 e. The van der Waals surface area contributed by atoms with Crippen molar-refractivity contribution in [3.63, 3.8) is 0 Å². The molecule has 0 radical (unpaired) electrons. The minimum Gasteiger partial charge on any atom is -0.387 e. The van der Waals surface area contributed by atoms with Crippen molar-refractivity contribution in [2.24, 2.45) is 5.16 Å². The molecule has 2 unspecified atom stereocenters. The molecule has 1 aromatic rings. The van der Waals surface area contributed by atoms with Crippen LogP contribution in [-0.2, 0) is 11.0 Å². The third-order valence-electron chi connectivity index (χ3n) is 2.94. The number of nitrogens with zero attached hydrogens (tertiary/aromatic N) is 2. The van der Waals surface area contributed by atoms with Crippen molar-refractivity contribution in [3.8, 4) is 0 Å². The number of nitrogens with one attached hydrogen (secondary N) is 1. The lowest BCUT2D eigenvalue weighted by Gasteiger charge is -2.17. The van der Waals surface area contributed by atoms with Crippen molar-refractivity contribution >= 4 is 40.0 Å². The Kier molecular flexibility index (Phi) is 4.70. The van der Waals surface area contributed by atoms with Gasteiger partial charge in [0, 0.05) is 17.2 Å². The summed E-state index contributed by atoms with van der Waals surface area (Å²) in [5.74, 6) is 0.245. The Morgan fingerprint density at radius 3 is 2.71 bits per heavy atom. The van der Waals surface area contributed by atoms with Gasteiger partial charge in [-0.3, -0.25) is 5.10 Å². The maximum atomic E-state index is 12.9. The van der Waals surface area contributed by atoms with Crippen molar-refractivity contribution in [1.82, 2.24) is 10.2 Å². The minimum absolute atomic E-state index is 0.0867. The van der Waals surface area contributed by atoms with E-state index in [4.69, 9.17) is 28.0 Å². The van der Waals surface area contributed by atoms with E-state index in [1.807, 2.05) is 5.10 Å². The summed E-state index contributed by atoms with van der Waals surface area (Å²) < 4.78 is 38.7. The highest BCUT2D eigenvalue weighted by atomic mass is 35.5. The van der Waals surface area contributed by atoms with E-state index in [2.05, 4.69) is 10.3 Å². The van der Waals surface area contributed by atoms with Crippen molar-refractivity contribution < 1.29 is 18.0 Å². The Balaban J connectivity index is 2.16. The van der Waals surface area contributed by atoms with Crippen LogP contribution in [0, 0.1) is 0 Å². The van der Waals surface area contributed by atoms with Crippen LogP contribution in [0.3, 0.4) is 0 Å². The van der Waals surface area contributed by atoms with Gasteiger partial charge in [-0.2, -0.15) is 18.3 Å². The summed E-state index contributed by atoms with van der Waals surface area (Å²) >= 11 is 12.7. The van der Waals surface area contributed by atoms with Crippen LogP contribution in [0.5, 0.6) is 0 Å². The van der Waals surface area contributed by atoms with Gasteiger partial charge in [-0.05, 0) is 13.8 Å². The lowest BCUT2D eigenvalue weighted by Crippen LogP contribution is -2.26. The van der Waals surface area contributed by atoms with E-state index in [9.17, 15) is 13.2 Å². The van der Waals surface area contributed by atoms with Gasteiger partial charge in [-0.15, -0.1) is 11.6 Å². The normalized spacial score (nSPS) is 23.9. The zero-order valence-corrected chi connectivity index (χ0v) is 13.4. The lowest BCUT2D eigenvalue weighted by molar-refractivity contribution is -0.141. The number of oxime groups is 1. The van der Waals surface area contributed by atoms with Crippen LogP contribution in [0.4, 0.5) is 13.2 Å². The van der Waals surface area contributed by atoms with E-state index in [-0.39, 0.29) is 16.6 Å². The van der Waals surface area contributed by atoms with E-state index >= 15 is 0 Å². The standard InChI is InChI=1S/C11H12Cl2F3N3OS/c1-5(21-6-3-10(2,4-12)20-19-6)7-8(11(14,15)16)17-18-9(7)13/h5H,3-4H2,1-2H3,(H,17,18). The van der Waals surface area contributed by atoms with Gasteiger partial charge in [0.1, 0.15) is 10.7 Å². The van der Waals surface area contributed by atoms with Gasteiger partial charge in [-0.25, -0.2) is 0 Å². The third-order valence-corrected chi connectivity index (χ3v) is 4.87. The first-order valence-corrected chi connectivity index (χ1v) is 7.74. The quantitative estimate of drug-likeness (QED) is 0.799. The molecular weight excluding hydrogens is 350 g/mol. The van der Waals surface area contributed by atoms with Gasteiger partial charge in [0.15, 0.2) is 10.8 Å². The van der Waals surface area contributed by atoms with Crippen molar-refractivity contribution in [2.75, 3.05) is 5.88 Å². The number of hydrogen-bond donors (Lipinski definition) is 1. The Morgan fingerprint density at radius 1 is 1.52 bits per heavy atom. The molecule has 1 aromatic heterocycles. The van der Waals surface area contributed by atoms with Crippen molar-refractivity contribution in [2.45, 2.75) is 37.3 Å². The predicted molar refractivity (Wildman–Crippen MR) is 76.9 cm³/mol. The number of halogens is 5. The second-order valence-corrected chi connectivity index (χ2v) is 6.94. The summed E-state index contributed by atoms with van der Waals surface area (Å²) in [6.45, 7) is 3.39. The number of alkyl halides is 4. The number of H-pyrrole nitrogens is 1. The van der Waals surface area contributed by atoms with Gasteiger partial charge in [0.25, 0.3) is 0 Å². The Hall–Kier alpha value is -0.600. The fourth-order valence-electron chi connectivity index (χ4n) is 1.86. The van der Waals surface area contributed by atoms with E-state index in [1.54, 1.807) is 13.8 Å². The third kappa shape index (κ3) is 3.60. The molecule has 2 atom stereocenters. The van der Waals surface area contributed by atoms with Gasteiger partial charge < -0.3 is 4.84 Å². The molecule has 0 fully saturated rings. The number of thioether (sulfide) groups is 1. The molecule has 0 spiro atoms. The molecule has 1 aliphatic rings. The molecule has 118 valence electrons. The first kappa shape index (κ1) is 16.8. The molecule has 0 saturated heterocycles. The molecule has 0 amide bonds. The highest BCUT2D eigenvalue weighted by Crippen LogP contribution is 2.43. The van der Waals surface area contributed by atoms with E-state index in [1.165, 1.54) is 0 Å². The summed E-state index contributed by atoms with van der Waals surface area (Å²) in [6, 6.07) is 0. The first-order valence-electron chi connectivity index (χ1n) is 5.95. The summed E-state index contributed by atoms with van der Waals surface area (Å²) in [5.41, 5.74) is -1.64. The van der Waals surface area contributed by atoms with E-state index < -0.39 is 22.7 Å². The monoisotopic (exact) mass is 361 g/mol. The second kappa shape index (κ2) is 5.89. The zero-order chi connectivity index (χ0) is 15.8. The van der Waals surface area contributed by atoms with Crippen molar-refractivity contribution in [3.05, 3.63) is 16.4 Å². The first-order chi connectivity index (χ1) is 9.66. The molecule has 0 saturated carbocycles. The highest BCUT2D eigenvalue weighted by Gasteiger charge is 2.40. The predicted octanol–water partition coefficient (Wildman–Crippen LogP) is 4.61. The smallest absolute Gasteiger partial charge is 0.387 e. The van der Waals surface area contributed by atoms with Gasteiger partial charge in [0.05, 0.1) is 5.88 Å². The van der Waals surface area contributed by atoms with Gasteiger partial charge >= 0.3 is 6.18 Å². The molecule has 21 heavy (non-hydrogen) atoms. The van der Waals surface area contributed by atoms with Crippen LogP contribution in [-0.4, -0.2) is 26.7 Å². The molecule has 2 heterocycles. The van der Waals surface area contributed by atoms with Crippen molar-refractivity contribution in [1.29, 1.82) is 0 Å². The van der Waals surface area contributed by atoms with E-state index in [0.717, 1.165) is 11.8 Å². The largest absolute Gasteiger partial charge is 0.433 e. The average Bonchev–Trinajstić information content (AvgIpc) is 2.93. The summed E-state index contributed by atoms with van der Waals surface area (Å²) in [5, 5.41) is 9.06. The summed E-state index contributed by atoms with van der Waals surface area (Å²) in [4.78, 5) is 5.20. The van der Waals surface area contributed by atoms with Gasteiger partial charge in [0.2, 0.25) is 0 Å². The highest BCUT2D eigenvalue weighted by molar-refractivity contribution is 8.14. The number of rotatable bonds is 3. The van der Waals surface area contributed by atoms with Crippen LogP contribution in [0.15, 0.2) is 5.16 Å². The zero-order valence-electron chi connectivity index (χ0n) is 11.1. The van der Waals surface area contributed by atoms with Crippen LogP contribution in [0.1, 0.15) is 36.8 Å². The molecule has 10 heteroatoms. The molecule has 0 aliphatic carbocycles. The lowest BCUT2D eigenvalue weighted by atomic mass is 10.1. The number of aromatic nitrogens is 2. The molecule has 1 aliphatic heterocycles. The molecule has 4 nitrogen and oxygen atoms in total. The molecule has 1 N–H and O–H groups in total. The van der Waals surface area contributed by atoms with Gasteiger partial charge in [-0.1, -0.05) is 28.5 Å².